The van der Waals surface area contributed by atoms with Crippen LogP contribution in [0.1, 0.15) is 6.42 Å². The van der Waals surface area contributed by atoms with Crippen LogP contribution in [-0.4, -0.2) is 23.4 Å². The largest absolute Gasteiger partial charge is 0.325 e. The third-order valence-corrected chi connectivity index (χ3v) is 2.41. The van der Waals surface area contributed by atoms with Crippen molar-refractivity contribution in [3.8, 4) is 0 Å². The molecule has 3 heteroatoms. The van der Waals surface area contributed by atoms with Gasteiger partial charge in [0.25, 0.3) is 0 Å². The van der Waals surface area contributed by atoms with E-state index in [4.69, 9.17) is 11.6 Å². The zero-order valence-corrected chi connectivity index (χ0v) is 8.18. The van der Waals surface area contributed by atoms with Crippen molar-refractivity contribution in [3.63, 3.8) is 0 Å². The Balaban J connectivity index is 2.83. The van der Waals surface area contributed by atoms with E-state index in [1.165, 1.54) is 0 Å². The van der Waals surface area contributed by atoms with Crippen molar-refractivity contribution in [2.45, 2.75) is 6.42 Å². The molecule has 0 bridgehead atoms. The number of carbonyl (C=O) groups is 1. The van der Waals surface area contributed by atoms with Crippen LogP contribution in [0.4, 0.5) is 4.79 Å². The van der Waals surface area contributed by atoms with Gasteiger partial charge >= 0.3 is 5.37 Å². The predicted molar refractivity (Wildman–Crippen MR) is 54.9 cm³/mol. The Labute approximate surface area is 83.2 Å². The second-order valence-corrected chi connectivity index (χ2v) is 3.21. The smallest absolute Gasteiger partial charge is 0.316 e. The van der Waals surface area contributed by atoms with E-state index in [1.807, 2.05) is 6.08 Å². The number of amides is 1. The Kier molecular flexibility index (Phi) is 3.32. The summed E-state index contributed by atoms with van der Waals surface area (Å²) < 4.78 is 0. The minimum atomic E-state index is -0.400. The molecule has 1 rings (SSSR count). The van der Waals surface area contributed by atoms with Crippen molar-refractivity contribution in [1.82, 2.24) is 4.90 Å². The zero-order chi connectivity index (χ0) is 9.84. The quantitative estimate of drug-likeness (QED) is 0.493. The van der Waals surface area contributed by atoms with E-state index < -0.39 is 5.37 Å². The van der Waals surface area contributed by atoms with E-state index in [1.54, 1.807) is 11.0 Å². The summed E-state index contributed by atoms with van der Waals surface area (Å²) in [5, 5.41) is -0.400. The van der Waals surface area contributed by atoms with Gasteiger partial charge < -0.3 is 4.90 Å². The van der Waals surface area contributed by atoms with E-state index in [0.717, 1.165) is 17.6 Å². The summed E-state index contributed by atoms with van der Waals surface area (Å²) in [6.07, 6.45) is 4.37. The first-order valence-electron chi connectivity index (χ1n) is 4.10. The van der Waals surface area contributed by atoms with Crippen LogP contribution in [0.2, 0.25) is 0 Å². The second-order valence-electron chi connectivity index (χ2n) is 2.88. The summed E-state index contributed by atoms with van der Waals surface area (Å²) in [5.41, 5.74) is 2.19. The Bertz CT molecular complexity index is 281. The van der Waals surface area contributed by atoms with Gasteiger partial charge in [0.05, 0.1) is 0 Å². The molecule has 0 aromatic carbocycles. The predicted octanol–water partition coefficient (Wildman–Crippen LogP) is 2.72. The molecule has 13 heavy (non-hydrogen) atoms. The fourth-order valence-electron chi connectivity index (χ4n) is 1.38. The standard InChI is InChI=1S/C10H12ClNO/c1-3-8-5-6-12(10(11)13)7-9(8)4-2/h3-4H,1-2,5-7H2. The number of halogens is 1. The number of nitrogens with zero attached hydrogens (tertiary/aromatic N) is 1. The SMILES string of the molecule is C=CC1=C(C=C)CN(C(=O)Cl)CC1. The van der Waals surface area contributed by atoms with Gasteiger partial charge in [0, 0.05) is 13.1 Å². The van der Waals surface area contributed by atoms with E-state index in [9.17, 15) is 4.79 Å². The molecule has 1 heterocycles. The van der Waals surface area contributed by atoms with Crippen LogP contribution in [0.25, 0.3) is 0 Å². The molecular weight excluding hydrogens is 186 g/mol. The van der Waals surface area contributed by atoms with Crippen LogP contribution in [0.5, 0.6) is 0 Å². The minimum Gasteiger partial charge on any atom is -0.325 e. The summed E-state index contributed by atoms with van der Waals surface area (Å²) in [6.45, 7) is 8.62. The summed E-state index contributed by atoms with van der Waals surface area (Å²) in [6, 6.07) is 0. The highest BCUT2D eigenvalue weighted by Gasteiger charge is 2.18. The first-order valence-corrected chi connectivity index (χ1v) is 4.48. The van der Waals surface area contributed by atoms with Gasteiger partial charge in [-0.25, -0.2) is 0 Å². The molecule has 2 nitrogen and oxygen atoms in total. The van der Waals surface area contributed by atoms with E-state index in [2.05, 4.69) is 13.2 Å². The van der Waals surface area contributed by atoms with Crippen molar-refractivity contribution in [2.24, 2.45) is 0 Å². The maximum atomic E-state index is 10.9. The Morgan fingerprint density at radius 3 is 2.46 bits per heavy atom. The van der Waals surface area contributed by atoms with Gasteiger partial charge in [0.15, 0.2) is 0 Å². The third-order valence-electron chi connectivity index (χ3n) is 2.17. The van der Waals surface area contributed by atoms with Crippen LogP contribution >= 0.6 is 11.6 Å². The lowest BCUT2D eigenvalue weighted by Crippen LogP contribution is -2.33. The average molecular weight is 198 g/mol. The van der Waals surface area contributed by atoms with Crippen LogP contribution < -0.4 is 0 Å². The molecule has 0 aromatic heterocycles. The Morgan fingerprint density at radius 1 is 1.38 bits per heavy atom. The molecule has 0 aliphatic carbocycles. The molecule has 0 fully saturated rings. The molecule has 1 amide bonds. The van der Waals surface area contributed by atoms with Gasteiger partial charge in [0.1, 0.15) is 0 Å². The van der Waals surface area contributed by atoms with Crippen molar-refractivity contribution in [3.05, 3.63) is 36.5 Å². The fourth-order valence-corrected chi connectivity index (χ4v) is 1.53. The third kappa shape index (κ3) is 2.22. The van der Waals surface area contributed by atoms with Crippen molar-refractivity contribution in [2.75, 3.05) is 13.1 Å². The number of hydrogen-bond donors (Lipinski definition) is 0. The first kappa shape index (κ1) is 10.1. The molecule has 70 valence electrons. The van der Waals surface area contributed by atoms with Crippen LogP contribution in [-0.2, 0) is 0 Å². The molecule has 0 aromatic rings. The van der Waals surface area contributed by atoms with Gasteiger partial charge in [-0.2, -0.15) is 0 Å². The van der Waals surface area contributed by atoms with Crippen molar-refractivity contribution >= 4 is 17.0 Å². The molecule has 0 unspecified atom stereocenters. The highest BCUT2D eigenvalue weighted by atomic mass is 35.5. The maximum absolute atomic E-state index is 10.9. The molecule has 0 spiro atoms. The van der Waals surface area contributed by atoms with Gasteiger partial charge in [0.2, 0.25) is 0 Å². The minimum absolute atomic E-state index is 0.400. The molecule has 0 N–H and O–H groups in total. The van der Waals surface area contributed by atoms with Gasteiger partial charge in [-0.15, -0.1) is 0 Å². The Hall–Kier alpha value is -1.02. The lowest BCUT2D eigenvalue weighted by atomic mass is 10.0. The summed E-state index contributed by atoms with van der Waals surface area (Å²) >= 11 is 5.37. The van der Waals surface area contributed by atoms with E-state index in [0.29, 0.717) is 13.1 Å². The number of rotatable bonds is 2. The number of hydrogen-bond acceptors (Lipinski definition) is 1. The molecule has 0 atom stereocenters. The molecule has 1 aliphatic rings. The number of allylic oxidation sites excluding steroid dienone is 1. The van der Waals surface area contributed by atoms with Crippen LogP contribution in [0.15, 0.2) is 36.5 Å². The first-order chi connectivity index (χ1) is 6.19. The number of carbonyl (C=O) groups excluding carboxylic acids is 1. The lowest BCUT2D eigenvalue weighted by molar-refractivity contribution is 0.225. The Morgan fingerprint density at radius 2 is 2.00 bits per heavy atom. The van der Waals surface area contributed by atoms with E-state index >= 15 is 0 Å². The summed E-state index contributed by atoms with van der Waals surface area (Å²) in [7, 11) is 0. The second kappa shape index (κ2) is 4.28. The van der Waals surface area contributed by atoms with Crippen molar-refractivity contribution in [1.29, 1.82) is 0 Å². The molecule has 0 radical (unpaired) electrons. The monoisotopic (exact) mass is 197 g/mol. The topological polar surface area (TPSA) is 20.3 Å². The highest BCUT2D eigenvalue weighted by molar-refractivity contribution is 6.62. The van der Waals surface area contributed by atoms with Gasteiger partial charge in [-0.3, -0.25) is 4.79 Å². The van der Waals surface area contributed by atoms with E-state index in [-0.39, 0.29) is 0 Å². The maximum Gasteiger partial charge on any atom is 0.316 e. The molecule has 0 saturated heterocycles. The zero-order valence-electron chi connectivity index (χ0n) is 7.42. The highest BCUT2D eigenvalue weighted by Crippen LogP contribution is 2.20. The molecular formula is C10H12ClNO. The lowest BCUT2D eigenvalue weighted by Gasteiger charge is -2.26. The molecule has 1 aliphatic heterocycles. The van der Waals surface area contributed by atoms with Gasteiger partial charge in [-0.1, -0.05) is 25.3 Å². The summed E-state index contributed by atoms with van der Waals surface area (Å²) in [4.78, 5) is 12.5. The normalized spacial score (nSPS) is 17.2. The average Bonchev–Trinajstić information content (AvgIpc) is 2.16. The van der Waals surface area contributed by atoms with Gasteiger partial charge in [-0.05, 0) is 29.2 Å². The fraction of sp³-hybridized carbons (Fsp3) is 0.300. The van der Waals surface area contributed by atoms with Crippen LogP contribution in [0.3, 0.4) is 0 Å². The van der Waals surface area contributed by atoms with Crippen molar-refractivity contribution < 1.29 is 4.79 Å². The molecule has 0 saturated carbocycles. The summed E-state index contributed by atoms with van der Waals surface area (Å²) in [5.74, 6) is 0. The van der Waals surface area contributed by atoms with Crippen LogP contribution in [0, 0.1) is 0 Å².